The summed E-state index contributed by atoms with van der Waals surface area (Å²) in [5.74, 6) is 0.619. The molecule has 0 aromatic carbocycles. The van der Waals surface area contributed by atoms with E-state index in [2.05, 4.69) is 15.2 Å². The minimum atomic E-state index is -0.0287. The lowest BCUT2D eigenvalue weighted by Gasteiger charge is -2.44. The van der Waals surface area contributed by atoms with Crippen LogP contribution in [0.5, 0.6) is 0 Å². The first kappa shape index (κ1) is 12.3. The number of carbonyl (C=O) groups is 1. The van der Waals surface area contributed by atoms with Gasteiger partial charge in [-0.1, -0.05) is 0 Å². The molecule has 3 aliphatic rings. The lowest BCUT2D eigenvalue weighted by Crippen LogP contribution is -2.57. The Morgan fingerprint density at radius 2 is 2.15 bits per heavy atom. The first-order chi connectivity index (χ1) is 9.79. The molecule has 0 saturated carbocycles. The van der Waals surface area contributed by atoms with Crippen LogP contribution in [-0.4, -0.2) is 41.5 Å². The predicted molar refractivity (Wildman–Crippen MR) is 80.0 cm³/mol. The van der Waals surface area contributed by atoms with Crippen molar-refractivity contribution in [2.24, 2.45) is 5.92 Å². The Morgan fingerprint density at radius 1 is 1.30 bits per heavy atom. The zero-order valence-corrected chi connectivity index (χ0v) is 12.0. The fourth-order valence-corrected chi connectivity index (χ4v) is 4.11. The Bertz CT molecular complexity index is 645. The number of nitrogens with zero attached hydrogens (tertiary/aromatic N) is 2. The fraction of sp³-hybridized carbons (Fsp3) is 0.467. The number of carbonyl (C=O) groups excluding carboxylic acids is 1. The zero-order chi connectivity index (χ0) is 13.5. The van der Waals surface area contributed by atoms with E-state index in [0.29, 0.717) is 17.7 Å². The van der Waals surface area contributed by atoms with Crippen LogP contribution in [0, 0.1) is 5.92 Å². The molecule has 4 nitrogen and oxygen atoms in total. The summed E-state index contributed by atoms with van der Waals surface area (Å²) in [6, 6.07) is 6.13. The van der Waals surface area contributed by atoms with E-state index in [1.54, 1.807) is 11.3 Å². The Hall–Kier alpha value is -1.46. The van der Waals surface area contributed by atoms with Gasteiger partial charge >= 0.3 is 0 Å². The fourth-order valence-electron chi connectivity index (χ4n) is 3.34. The van der Waals surface area contributed by atoms with E-state index in [-0.39, 0.29) is 5.91 Å². The van der Waals surface area contributed by atoms with E-state index >= 15 is 0 Å². The summed E-state index contributed by atoms with van der Waals surface area (Å²) in [6.07, 6.45) is 2.42. The average molecular weight is 287 g/mol. The SMILES string of the molecule is O=C(N[C@@H]1CN2CCC1CC2)c1ccc2ccsc2n1. The van der Waals surface area contributed by atoms with Crippen LogP contribution in [0.3, 0.4) is 0 Å². The second kappa shape index (κ2) is 4.82. The second-order valence-electron chi connectivity index (χ2n) is 5.73. The third-order valence-corrected chi connectivity index (χ3v) is 5.34. The number of thiophene rings is 1. The number of pyridine rings is 1. The van der Waals surface area contributed by atoms with Crippen LogP contribution in [-0.2, 0) is 0 Å². The van der Waals surface area contributed by atoms with Gasteiger partial charge < -0.3 is 10.2 Å². The molecule has 1 N–H and O–H groups in total. The van der Waals surface area contributed by atoms with Crippen LogP contribution in [0.25, 0.3) is 10.2 Å². The quantitative estimate of drug-likeness (QED) is 0.920. The Labute approximate surface area is 121 Å². The number of rotatable bonds is 2. The van der Waals surface area contributed by atoms with Crippen molar-refractivity contribution in [3.05, 3.63) is 29.3 Å². The van der Waals surface area contributed by atoms with Crippen molar-refractivity contribution in [3.63, 3.8) is 0 Å². The molecule has 20 heavy (non-hydrogen) atoms. The van der Waals surface area contributed by atoms with Gasteiger partial charge in [0.25, 0.3) is 5.91 Å². The van der Waals surface area contributed by atoms with Gasteiger partial charge in [0.05, 0.1) is 0 Å². The Morgan fingerprint density at radius 3 is 2.90 bits per heavy atom. The van der Waals surface area contributed by atoms with E-state index in [0.717, 1.165) is 16.8 Å². The maximum absolute atomic E-state index is 12.4. The highest BCUT2D eigenvalue weighted by atomic mass is 32.1. The summed E-state index contributed by atoms with van der Waals surface area (Å²) in [6.45, 7) is 3.38. The van der Waals surface area contributed by atoms with Gasteiger partial charge in [0.1, 0.15) is 10.5 Å². The molecule has 0 spiro atoms. The van der Waals surface area contributed by atoms with Gasteiger partial charge in [-0.3, -0.25) is 4.79 Å². The summed E-state index contributed by atoms with van der Waals surface area (Å²) < 4.78 is 0. The second-order valence-corrected chi connectivity index (χ2v) is 6.62. The molecule has 5 rings (SSSR count). The van der Waals surface area contributed by atoms with E-state index in [9.17, 15) is 4.79 Å². The summed E-state index contributed by atoms with van der Waals surface area (Å²) in [5.41, 5.74) is 0.538. The van der Waals surface area contributed by atoms with Crippen molar-refractivity contribution < 1.29 is 4.79 Å². The summed E-state index contributed by atoms with van der Waals surface area (Å²) >= 11 is 1.58. The maximum atomic E-state index is 12.4. The molecule has 5 heteroatoms. The topological polar surface area (TPSA) is 45.2 Å². The highest BCUT2D eigenvalue weighted by Crippen LogP contribution is 2.27. The van der Waals surface area contributed by atoms with Crippen molar-refractivity contribution in [1.29, 1.82) is 0 Å². The smallest absolute Gasteiger partial charge is 0.270 e. The molecular weight excluding hydrogens is 270 g/mol. The molecule has 2 bridgehead atoms. The molecule has 1 atom stereocenters. The molecule has 0 aliphatic carbocycles. The van der Waals surface area contributed by atoms with Gasteiger partial charge in [-0.25, -0.2) is 4.98 Å². The monoisotopic (exact) mass is 287 g/mol. The van der Waals surface area contributed by atoms with Crippen LogP contribution in [0.1, 0.15) is 23.3 Å². The third-order valence-electron chi connectivity index (χ3n) is 4.52. The predicted octanol–water partition coefficient (Wildman–Crippen LogP) is 2.12. The van der Waals surface area contributed by atoms with Gasteiger partial charge in [-0.15, -0.1) is 11.3 Å². The molecule has 0 unspecified atom stereocenters. The standard InChI is InChI=1S/C15H17N3OS/c19-14(12-2-1-11-5-8-20-15(11)17-12)16-13-9-18-6-3-10(13)4-7-18/h1-2,5,8,10,13H,3-4,6-7,9H2,(H,16,19)/t13-/m1/s1. The molecule has 104 valence electrons. The van der Waals surface area contributed by atoms with E-state index < -0.39 is 0 Å². The van der Waals surface area contributed by atoms with Crippen molar-refractivity contribution in [2.45, 2.75) is 18.9 Å². The van der Waals surface area contributed by atoms with E-state index in [1.807, 2.05) is 23.6 Å². The first-order valence-electron chi connectivity index (χ1n) is 7.17. The number of hydrogen-bond acceptors (Lipinski definition) is 4. The Kier molecular flexibility index (Phi) is 2.97. The molecular formula is C15H17N3OS. The third kappa shape index (κ3) is 2.11. The minimum absolute atomic E-state index is 0.0287. The van der Waals surface area contributed by atoms with Gasteiger partial charge in [-0.05, 0) is 55.4 Å². The molecule has 3 aliphatic heterocycles. The average Bonchev–Trinajstić information content (AvgIpc) is 2.96. The minimum Gasteiger partial charge on any atom is -0.346 e. The molecule has 3 saturated heterocycles. The number of piperidine rings is 3. The highest BCUT2D eigenvalue weighted by Gasteiger charge is 2.35. The molecule has 5 heterocycles. The van der Waals surface area contributed by atoms with Crippen LogP contribution in [0.2, 0.25) is 0 Å². The van der Waals surface area contributed by atoms with Crippen LogP contribution < -0.4 is 5.32 Å². The van der Waals surface area contributed by atoms with Gasteiger partial charge in [0.2, 0.25) is 0 Å². The summed E-state index contributed by atoms with van der Waals surface area (Å²) in [4.78, 5) is 20.2. The van der Waals surface area contributed by atoms with E-state index in [1.165, 1.54) is 25.9 Å². The van der Waals surface area contributed by atoms with Crippen LogP contribution in [0.4, 0.5) is 0 Å². The number of fused-ring (bicyclic) bond motifs is 4. The first-order valence-corrected chi connectivity index (χ1v) is 8.05. The molecule has 0 radical (unpaired) electrons. The van der Waals surface area contributed by atoms with Crippen LogP contribution in [0.15, 0.2) is 23.6 Å². The van der Waals surface area contributed by atoms with Crippen molar-refractivity contribution in [3.8, 4) is 0 Å². The molecule has 1 amide bonds. The number of nitrogens with one attached hydrogen (secondary N) is 1. The lowest BCUT2D eigenvalue weighted by molar-refractivity contribution is 0.0618. The summed E-state index contributed by atoms with van der Waals surface area (Å²) in [5, 5.41) is 6.30. The largest absolute Gasteiger partial charge is 0.346 e. The van der Waals surface area contributed by atoms with Crippen LogP contribution >= 0.6 is 11.3 Å². The van der Waals surface area contributed by atoms with Gasteiger partial charge in [0, 0.05) is 18.0 Å². The maximum Gasteiger partial charge on any atom is 0.270 e. The number of aromatic nitrogens is 1. The lowest BCUT2D eigenvalue weighted by atomic mass is 9.84. The Balaban J connectivity index is 1.52. The normalized spacial score (nSPS) is 28.7. The molecule has 2 aromatic heterocycles. The van der Waals surface area contributed by atoms with Crippen molar-refractivity contribution >= 4 is 27.5 Å². The van der Waals surface area contributed by atoms with Gasteiger partial charge in [-0.2, -0.15) is 0 Å². The number of hydrogen-bond donors (Lipinski definition) is 1. The molecule has 2 aromatic rings. The molecule has 3 fully saturated rings. The summed E-state index contributed by atoms with van der Waals surface area (Å²) in [7, 11) is 0. The van der Waals surface area contributed by atoms with E-state index in [4.69, 9.17) is 0 Å². The number of amides is 1. The van der Waals surface area contributed by atoms with Gasteiger partial charge in [0.15, 0.2) is 0 Å². The highest BCUT2D eigenvalue weighted by molar-refractivity contribution is 7.16. The zero-order valence-electron chi connectivity index (χ0n) is 11.2. The van der Waals surface area contributed by atoms with Crippen molar-refractivity contribution in [1.82, 2.24) is 15.2 Å². The van der Waals surface area contributed by atoms with Crippen molar-refractivity contribution in [2.75, 3.05) is 19.6 Å².